The molecule has 0 fully saturated rings. The van der Waals surface area contributed by atoms with E-state index in [1.165, 1.54) is 12.4 Å². The second-order valence-corrected chi connectivity index (χ2v) is 7.67. The quantitative estimate of drug-likeness (QED) is 0.438. The highest BCUT2D eigenvalue weighted by atomic mass is 32.1. The average Bonchev–Trinajstić information content (AvgIpc) is 3.50. The number of nitrogens with zero attached hydrogens (tertiary/aromatic N) is 3. The van der Waals surface area contributed by atoms with Gasteiger partial charge in [-0.2, -0.15) is 5.10 Å². The van der Waals surface area contributed by atoms with Crippen molar-refractivity contribution in [2.24, 2.45) is 0 Å². The van der Waals surface area contributed by atoms with E-state index in [1.807, 2.05) is 54.6 Å². The van der Waals surface area contributed by atoms with E-state index >= 15 is 0 Å². The molecule has 0 aliphatic rings. The molecule has 154 valence electrons. The number of thiophene rings is 1. The van der Waals surface area contributed by atoms with Crippen LogP contribution in [0.4, 0.5) is 5.69 Å². The largest absolute Gasteiger partial charge is 0.343 e. The highest BCUT2D eigenvalue weighted by Gasteiger charge is 2.05. The topological polar surface area (TPSA) is 88.9 Å². The summed E-state index contributed by atoms with van der Waals surface area (Å²) in [5.74, 6) is -0.635. The summed E-state index contributed by atoms with van der Waals surface area (Å²) in [6.07, 6.45) is 6.22. The van der Waals surface area contributed by atoms with Gasteiger partial charge in [-0.05, 0) is 48.0 Å². The Kier molecular flexibility index (Phi) is 6.29. The third-order valence-corrected chi connectivity index (χ3v) is 5.44. The average molecular weight is 430 g/mol. The SMILES string of the molecule is O=C(/C=C/c1ccc(-c2ccccc2)s1)NCC(=O)Nc1ccc(-n2cncn2)cc1. The maximum atomic E-state index is 12.1. The molecule has 0 aliphatic carbocycles. The molecule has 8 heteroatoms. The van der Waals surface area contributed by atoms with Crippen LogP contribution in [0.5, 0.6) is 0 Å². The molecule has 2 aromatic carbocycles. The lowest BCUT2D eigenvalue weighted by Crippen LogP contribution is -2.31. The van der Waals surface area contributed by atoms with E-state index in [2.05, 4.69) is 20.7 Å². The molecule has 0 bridgehead atoms. The van der Waals surface area contributed by atoms with Gasteiger partial charge in [-0.25, -0.2) is 9.67 Å². The van der Waals surface area contributed by atoms with E-state index in [9.17, 15) is 9.59 Å². The van der Waals surface area contributed by atoms with Crippen molar-refractivity contribution in [2.45, 2.75) is 0 Å². The highest BCUT2D eigenvalue weighted by Crippen LogP contribution is 2.28. The van der Waals surface area contributed by atoms with E-state index in [1.54, 1.807) is 40.6 Å². The van der Waals surface area contributed by atoms with Crippen LogP contribution in [0.25, 0.3) is 22.2 Å². The van der Waals surface area contributed by atoms with Gasteiger partial charge in [-0.1, -0.05) is 30.3 Å². The third kappa shape index (κ3) is 5.52. The number of hydrogen-bond acceptors (Lipinski definition) is 5. The molecule has 2 aromatic heterocycles. The van der Waals surface area contributed by atoms with Crippen molar-refractivity contribution in [3.8, 4) is 16.1 Å². The van der Waals surface area contributed by atoms with Gasteiger partial charge in [0.1, 0.15) is 12.7 Å². The van der Waals surface area contributed by atoms with Crippen LogP contribution in [0.1, 0.15) is 4.88 Å². The Bertz CT molecular complexity index is 1180. The van der Waals surface area contributed by atoms with E-state index in [0.717, 1.165) is 21.0 Å². The fourth-order valence-corrected chi connectivity index (χ4v) is 3.74. The number of nitrogens with one attached hydrogen (secondary N) is 2. The van der Waals surface area contributed by atoms with Gasteiger partial charge in [0.15, 0.2) is 0 Å². The summed E-state index contributed by atoms with van der Waals surface area (Å²) in [6.45, 7) is -0.117. The first-order chi connectivity index (χ1) is 15.2. The van der Waals surface area contributed by atoms with Crippen LogP contribution in [0.3, 0.4) is 0 Å². The molecule has 0 spiro atoms. The summed E-state index contributed by atoms with van der Waals surface area (Å²) in [7, 11) is 0. The maximum Gasteiger partial charge on any atom is 0.244 e. The van der Waals surface area contributed by atoms with Gasteiger partial charge < -0.3 is 10.6 Å². The molecule has 4 aromatic rings. The normalized spacial score (nSPS) is 10.8. The molecular formula is C23H19N5O2S. The Morgan fingerprint density at radius 1 is 1.00 bits per heavy atom. The molecule has 4 rings (SSSR count). The van der Waals surface area contributed by atoms with Crippen molar-refractivity contribution < 1.29 is 9.59 Å². The van der Waals surface area contributed by atoms with Crippen molar-refractivity contribution in [3.05, 3.63) is 90.3 Å². The van der Waals surface area contributed by atoms with E-state index < -0.39 is 0 Å². The summed E-state index contributed by atoms with van der Waals surface area (Å²) in [5, 5.41) is 9.38. The van der Waals surface area contributed by atoms with Gasteiger partial charge >= 0.3 is 0 Å². The zero-order valence-electron chi connectivity index (χ0n) is 16.4. The van der Waals surface area contributed by atoms with Crippen molar-refractivity contribution in [1.29, 1.82) is 0 Å². The van der Waals surface area contributed by atoms with E-state index in [-0.39, 0.29) is 18.4 Å². The number of carbonyl (C=O) groups excluding carboxylic acids is 2. The number of benzene rings is 2. The lowest BCUT2D eigenvalue weighted by atomic mass is 10.2. The molecule has 0 atom stereocenters. The zero-order chi connectivity index (χ0) is 21.5. The molecule has 2 heterocycles. The molecule has 2 amide bonds. The van der Waals surface area contributed by atoms with E-state index in [4.69, 9.17) is 0 Å². The number of hydrogen-bond donors (Lipinski definition) is 2. The first-order valence-corrected chi connectivity index (χ1v) is 10.3. The number of anilines is 1. The van der Waals surface area contributed by atoms with Gasteiger partial charge in [0.2, 0.25) is 11.8 Å². The van der Waals surface area contributed by atoms with Crippen molar-refractivity contribution in [2.75, 3.05) is 11.9 Å². The summed E-state index contributed by atoms with van der Waals surface area (Å²) in [5.41, 5.74) is 2.60. The summed E-state index contributed by atoms with van der Waals surface area (Å²) < 4.78 is 1.62. The number of carbonyl (C=O) groups is 2. The van der Waals surface area contributed by atoms with Crippen molar-refractivity contribution in [3.63, 3.8) is 0 Å². The fraction of sp³-hybridized carbons (Fsp3) is 0.0435. The molecule has 0 aliphatic heterocycles. The zero-order valence-corrected chi connectivity index (χ0v) is 17.3. The molecule has 0 saturated heterocycles. The first kappa shape index (κ1) is 20.2. The van der Waals surface area contributed by atoms with Crippen LogP contribution in [0.2, 0.25) is 0 Å². The minimum Gasteiger partial charge on any atom is -0.343 e. The molecule has 31 heavy (non-hydrogen) atoms. The predicted molar refractivity (Wildman–Crippen MR) is 122 cm³/mol. The van der Waals surface area contributed by atoms with Crippen LogP contribution in [0, 0.1) is 0 Å². The lowest BCUT2D eigenvalue weighted by molar-refractivity contribution is -0.121. The van der Waals surface area contributed by atoms with Crippen LogP contribution in [0.15, 0.2) is 85.5 Å². The predicted octanol–water partition coefficient (Wildman–Crippen LogP) is 3.76. The van der Waals surface area contributed by atoms with Gasteiger partial charge in [0.05, 0.1) is 12.2 Å². The summed E-state index contributed by atoms with van der Waals surface area (Å²) in [4.78, 5) is 30.1. The Labute approximate surface area is 183 Å². The molecular weight excluding hydrogens is 410 g/mol. The second kappa shape index (κ2) is 9.64. The van der Waals surface area contributed by atoms with Crippen LogP contribution in [-0.4, -0.2) is 33.1 Å². The van der Waals surface area contributed by atoms with Gasteiger partial charge in [-0.15, -0.1) is 11.3 Å². The monoisotopic (exact) mass is 429 g/mol. The molecule has 7 nitrogen and oxygen atoms in total. The number of amides is 2. The second-order valence-electron chi connectivity index (χ2n) is 6.55. The molecule has 0 unspecified atom stereocenters. The smallest absolute Gasteiger partial charge is 0.244 e. The third-order valence-electron chi connectivity index (χ3n) is 4.34. The summed E-state index contributed by atoms with van der Waals surface area (Å²) >= 11 is 1.60. The van der Waals surface area contributed by atoms with Gasteiger partial charge in [0.25, 0.3) is 0 Å². The van der Waals surface area contributed by atoms with Crippen LogP contribution in [-0.2, 0) is 9.59 Å². The molecule has 0 radical (unpaired) electrons. The van der Waals surface area contributed by atoms with Gasteiger partial charge in [-0.3, -0.25) is 9.59 Å². The van der Waals surface area contributed by atoms with Crippen LogP contribution < -0.4 is 10.6 Å². The first-order valence-electron chi connectivity index (χ1n) is 9.53. The Morgan fingerprint density at radius 2 is 1.81 bits per heavy atom. The summed E-state index contributed by atoms with van der Waals surface area (Å²) in [6, 6.07) is 21.2. The Balaban J connectivity index is 1.25. The molecule has 0 saturated carbocycles. The minimum absolute atomic E-state index is 0.117. The van der Waals surface area contributed by atoms with Crippen molar-refractivity contribution >= 4 is 34.9 Å². The van der Waals surface area contributed by atoms with Gasteiger partial charge in [0, 0.05) is 21.5 Å². The Hall–Kier alpha value is -4.04. The standard InChI is InChI=1S/C23H19N5O2S/c29-22(13-11-20-10-12-21(31-20)17-4-2-1-3-5-17)25-14-23(30)27-18-6-8-19(9-7-18)28-16-24-15-26-28/h1-13,15-16H,14H2,(H,25,29)(H,27,30)/b13-11+. The van der Waals surface area contributed by atoms with E-state index in [0.29, 0.717) is 5.69 Å². The number of rotatable bonds is 7. The lowest BCUT2D eigenvalue weighted by Gasteiger charge is -2.07. The Morgan fingerprint density at radius 3 is 2.55 bits per heavy atom. The molecule has 2 N–H and O–H groups in total. The highest BCUT2D eigenvalue weighted by molar-refractivity contribution is 7.16. The maximum absolute atomic E-state index is 12.1. The number of aromatic nitrogens is 3. The van der Waals surface area contributed by atoms with Crippen LogP contribution >= 0.6 is 11.3 Å². The minimum atomic E-state index is -0.327. The van der Waals surface area contributed by atoms with Crippen molar-refractivity contribution in [1.82, 2.24) is 20.1 Å². The fourth-order valence-electron chi connectivity index (χ4n) is 2.83.